The van der Waals surface area contributed by atoms with E-state index >= 15 is 0 Å². The van der Waals surface area contributed by atoms with Gasteiger partial charge in [-0.3, -0.25) is 14.9 Å². The summed E-state index contributed by atoms with van der Waals surface area (Å²) < 4.78 is 0. The van der Waals surface area contributed by atoms with Gasteiger partial charge in [-0.05, 0) is 36.5 Å². The Balaban J connectivity index is 1.75. The third kappa shape index (κ3) is 1.91. The maximum atomic E-state index is 11.9. The molecule has 4 nitrogen and oxygen atoms in total. The molecule has 0 aromatic heterocycles. The quantitative estimate of drug-likeness (QED) is 0.816. The van der Waals surface area contributed by atoms with E-state index in [4.69, 9.17) is 0 Å². The lowest BCUT2D eigenvalue weighted by Gasteiger charge is -2.50. The molecule has 19 heavy (non-hydrogen) atoms. The van der Waals surface area contributed by atoms with Crippen LogP contribution in [0.1, 0.15) is 38.2 Å². The first-order valence-corrected chi connectivity index (χ1v) is 6.74. The molecule has 0 radical (unpaired) electrons. The number of amides is 2. The second-order valence-corrected chi connectivity index (χ2v) is 5.91. The van der Waals surface area contributed by atoms with Crippen LogP contribution >= 0.6 is 0 Å². The first-order valence-electron chi connectivity index (χ1n) is 6.74. The highest BCUT2D eigenvalue weighted by molar-refractivity contribution is 6.08. The highest BCUT2D eigenvalue weighted by Gasteiger charge is 2.57. The molecule has 1 aliphatic carbocycles. The Morgan fingerprint density at radius 2 is 1.84 bits per heavy atom. The van der Waals surface area contributed by atoms with Crippen molar-refractivity contribution < 1.29 is 9.59 Å². The average molecular weight is 258 g/mol. The Morgan fingerprint density at radius 3 is 2.37 bits per heavy atom. The van der Waals surface area contributed by atoms with Gasteiger partial charge in [-0.2, -0.15) is 0 Å². The smallest absolute Gasteiger partial charge is 0.252 e. The maximum Gasteiger partial charge on any atom is 0.252 e. The zero-order valence-corrected chi connectivity index (χ0v) is 11.2. The summed E-state index contributed by atoms with van der Waals surface area (Å²) in [5.41, 5.74) is 1.64. The normalized spacial score (nSPS) is 28.9. The third-order valence-corrected chi connectivity index (χ3v) is 4.19. The van der Waals surface area contributed by atoms with Crippen molar-refractivity contribution in [1.82, 2.24) is 5.32 Å². The number of nitrogens with one attached hydrogen (secondary N) is 2. The van der Waals surface area contributed by atoms with Crippen LogP contribution in [0.25, 0.3) is 0 Å². The van der Waals surface area contributed by atoms with E-state index in [2.05, 4.69) is 36.6 Å². The van der Waals surface area contributed by atoms with E-state index in [0.29, 0.717) is 18.8 Å². The first-order chi connectivity index (χ1) is 9.00. The monoisotopic (exact) mass is 258 g/mol. The van der Waals surface area contributed by atoms with Crippen molar-refractivity contribution in [3.63, 3.8) is 0 Å². The number of carbonyl (C=O) groups excluding carboxylic acids is 2. The van der Waals surface area contributed by atoms with E-state index in [1.54, 1.807) is 0 Å². The van der Waals surface area contributed by atoms with Crippen LogP contribution in [0.2, 0.25) is 0 Å². The highest BCUT2D eigenvalue weighted by atomic mass is 16.2. The molecule has 3 aliphatic rings. The Morgan fingerprint density at radius 1 is 1.21 bits per heavy atom. The highest BCUT2D eigenvalue weighted by Crippen LogP contribution is 2.43. The fourth-order valence-electron chi connectivity index (χ4n) is 2.87. The molecule has 0 unspecified atom stereocenters. The summed E-state index contributed by atoms with van der Waals surface area (Å²) in [4.78, 5) is 23.3. The van der Waals surface area contributed by atoms with Crippen molar-refractivity contribution in [2.45, 2.75) is 38.1 Å². The molecule has 2 amide bonds. The summed E-state index contributed by atoms with van der Waals surface area (Å²) in [7, 11) is 0. The van der Waals surface area contributed by atoms with Gasteiger partial charge in [0.1, 0.15) is 5.54 Å². The van der Waals surface area contributed by atoms with Gasteiger partial charge in [-0.1, -0.05) is 26.0 Å². The molecule has 0 spiro atoms. The number of benzene rings is 1. The van der Waals surface area contributed by atoms with Crippen molar-refractivity contribution in [2.24, 2.45) is 5.92 Å². The molecule has 1 aromatic rings. The zero-order chi connectivity index (χ0) is 13.6. The van der Waals surface area contributed by atoms with Crippen LogP contribution in [0.5, 0.6) is 0 Å². The van der Waals surface area contributed by atoms with Gasteiger partial charge in [0.25, 0.3) is 5.91 Å². The SMILES string of the molecule is CC(C)c1ccc(NC23CC(C2)C(=O)NC3=O)cc1. The Labute approximate surface area is 112 Å². The molecule has 2 saturated heterocycles. The second kappa shape index (κ2) is 4.08. The number of piperidine rings is 2. The van der Waals surface area contributed by atoms with Crippen molar-refractivity contribution in [3.8, 4) is 0 Å². The number of imide groups is 1. The number of rotatable bonds is 3. The summed E-state index contributed by atoms with van der Waals surface area (Å²) in [6, 6.07) is 8.15. The van der Waals surface area contributed by atoms with Crippen LogP contribution < -0.4 is 10.6 Å². The molecule has 1 saturated carbocycles. The van der Waals surface area contributed by atoms with Gasteiger partial charge in [-0.25, -0.2) is 0 Å². The third-order valence-electron chi connectivity index (χ3n) is 4.19. The number of anilines is 1. The maximum absolute atomic E-state index is 11.9. The first kappa shape index (κ1) is 12.2. The molecule has 2 bridgehead atoms. The van der Waals surface area contributed by atoms with Crippen molar-refractivity contribution in [2.75, 3.05) is 5.32 Å². The zero-order valence-electron chi connectivity index (χ0n) is 11.2. The Bertz CT molecular complexity index is 528. The topological polar surface area (TPSA) is 58.2 Å². The van der Waals surface area contributed by atoms with Crippen LogP contribution in [0.15, 0.2) is 24.3 Å². The van der Waals surface area contributed by atoms with Crippen LogP contribution in [-0.2, 0) is 9.59 Å². The number of hydrogen-bond donors (Lipinski definition) is 2. The Hall–Kier alpha value is -1.84. The molecule has 4 rings (SSSR count). The molecule has 3 fully saturated rings. The summed E-state index contributed by atoms with van der Waals surface area (Å²) in [6.07, 6.45) is 1.23. The predicted octanol–water partition coefficient (Wildman–Crippen LogP) is 2.03. The van der Waals surface area contributed by atoms with E-state index in [0.717, 1.165) is 5.69 Å². The molecule has 4 heteroatoms. The Kier molecular flexibility index (Phi) is 2.62. The summed E-state index contributed by atoms with van der Waals surface area (Å²) in [5, 5.41) is 5.72. The molecule has 100 valence electrons. The van der Waals surface area contributed by atoms with E-state index in [-0.39, 0.29) is 17.7 Å². The molecule has 2 aliphatic heterocycles. The van der Waals surface area contributed by atoms with Crippen LogP contribution in [0.4, 0.5) is 5.69 Å². The van der Waals surface area contributed by atoms with E-state index in [1.165, 1.54) is 5.56 Å². The van der Waals surface area contributed by atoms with Gasteiger partial charge < -0.3 is 5.32 Å². The van der Waals surface area contributed by atoms with Crippen LogP contribution in [0, 0.1) is 5.92 Å². The number of carbonyl (C=O) groups is 2. The number of fused-ring (bicyclic) bond motifs is 2. The van der Waals surface area contributed by atoms with Gasteiger partial charge >= 0.3 is 0 Å². The molecule has 2 N–H and O–H groups in total. The van der Waals surface area contributed by atoms with E-state index < -0.39 is 5.54 Å². The van der Waals surface area contributed by atoms with Gasteiger partial charge in [-0.15, -0.1) is 0 Å². The standard InChI is InChI=1S/C15H18N2O2/c1-9(2)10-3-5-12(6-4-10)17-15-7-11(8-15)13(18)16-14(15)19/h3-6,9,11,17H,7-8H2,1-2H3,(H,16,18,19). The summed E-state index contributed by atoms with van der Waals surface area (Å²) >= 11 is 0. The van der Waals surface area contributed by atoms with Crippen molar-refractivity contribution in [3.05, 3.63) is 29.8 Å². The molecule has 2 heterocycles. The van der Waals surface area contributed by atoms with E-state index in [9.17, 15) is 9.59 Å². The average Bonchev–Trinajstić information content (AvgIpc) is 2.31. The predicted molar refractivity (Wildman–Crippen MR) is 72.8 cm³/mol. The van der Waals surface area contributed by atoms with Gasteiger partial charge in [0.15, 0.2) is 0 Å². The molecular weight excluding hydrogens is 240 g/mol. The summed E-state index contributed by atoms with van der Waals surface area (Å²) in [5.74, 6) is 0.188. The fraction of sp³-hybridized carbons (Fsp3) is 0.467. The molecule has 0 atom stereocenters. The van der Waals surface area contributed by atoms with E-state index in [1.807, 2.05) is 12.1 Å². The van der Waals surface area contributed by atoms with Crippen LogP contribution in [-0.4, -0.2) is 17.4 Å². The largest absolute Gasteiger partial charge is 0.371 e. The van der Waals surface area contributed by atoms with Crippen molar-refractivity contribution >= 4 is 17.5 Å². The number of hydrogen-bond acceptors (Lipinski definition) is 3. The minimum Gasteiger partial charge on any atom is -0.371 e. The second-order valence-electron chi connectivity index (χ2n) is 5.91. The van der Waals surface area contributed by atoms with Crippen LogP contribution in [0.3, 0.4) is 0 Å². The lowest BCUT2D eigenvalue weighted by atomic mass is 9.64. The molecule has 1 aromatic carbocycles. The minimum atomic E-state index is -0.572. The van der Waals surface area contributed by atoms with Crippen molar-refractivity contribution in [1.29, 1.82) is 0 Å². The summed E-state index contributed by atoms with van der Waals surface area (Å²) in [6.45, 7) is 4.30. The fourth-order valence-corrected chi connectivity index (χ4v) is 2.87. The van der Waals surface area contributed by atoms with Gasteiger partial charge in [0, 0.05) is 11.6 Å². The van der Waals surface area contributed by atoms with Gasteiger partial charge in [0.2, 0.25) is 5.91 Å². The molecular formula is C15H18N2O2. The minimum absolute atomic E-state index is 0.000127. The lowest BCUT2D eigenvalue weighted by Crippen LogP contribution is -2.69. The van der Waals surface area contributed by atoms with Gasteiger partial charge in [0.05, 0.1) is 0 Å². The lowest BCUT2D eigenvalue weighted by molar-refractivity contribution is -0.148.